The van der Waals surface area contributed by atoms with Gasteiger partial charge in [-0.1, -0.05) is 23.2 Å². The number of hydrogen-bond donors (Lipinski definition) is 1. The molecule has 2 aromatic rings. The third-order valence-electron chi connectivity index (χ3n) is 2.85. The van der Waals surface area contributed by atoms with Crippen molar-refractivity contribution in [3.63, 3.8) is 0 Å². The lowest BCUT2D eigenvalue weighted by molar-refractivity contribution is -0.139. The number of aliphatic hydroxyl groups excluding tert-OH is 1. The second-order valence-electron chi connectivity index (χ2n) is 4.68. The summed E-state index contributed by atoms with van der Waals surface area (Å²) in [4.78, 5) is 18.0. The summed E-state index contributed by atoms with van der Waals surface area (Å²) in [5.41, 5.74) is 1.29. The van der Waals surface area contributed by atoms with E-state index < -0.39 is 12.0 Å². The van der Waals surface area contributed by atoms with Crippen LogP contribution in [0.25, 0.3) is 0 Å². The van der Waals surface area contributed by atoms with Gasteiger partial charge in [-0.05, 0) is 30.7 Å². The van der Waals surface area contributed by atoms with E-state index in [0.717, 1.165) is 10.7 Å². The fourth-order valence-corrected chi connectivity index (χ4v) is 3.21. The van der Waals surface area contributed by atoms with E-state index >= 15 is 0 Å². The van der Waals surface area contributed by atoms with Crippen molar-refractivity contribution in [3.05, 3.63) is 49.9 Å². The molecule has 1 heterocycles. The van der Waals surface area contributed by atoms with E-state index in [4.69, 9.17) is 23.2 Å². The molecule has 1 amide bonds. The lowest BCUT2D eigenvalue weighted by Gasteiger charge is -2.20. The van der Waals surface area contributed by atoms with E-state index in [1.807, 2.05) is 12.3 Å². The molecular formula is C14H14Cl2N2O2S. The summed E-state index contributed by atoms with van der Waals surface area (Å²) in [5.74, 6) is -0.429. The maximum atomic E-state index is 12.2. The van der Waals surface area contributed by atoms with Gasteiger partial charge in [0.15, 0.2) is 6.10 Å². The Kier molecular flexibility index (Phi) is 5.22. The second-order valence-corrected chi connectivity index (χ2v) is 6.50. The summed E-state index contributed by atoms with van der Waals surface area (Å²) in [5, 5.41) is 13.7. The van der Waals surface area contributed by atoms with Gasteiger partial charge in [-0.25, -0.2) is 4.98 Å². The van der Waals surface area contributed by atoms with Gasteiger partial charge in [0, 0.05) is 28.2 Å². The Morgan fingerprint density at radius 3 is 2.52 bits per heavy atom. The number of thiazole rings is 1. The van der Waals surface area contributed by atoms with Gasteiger partial charge in [-0.3, -0.25) is 4.79 Å². The number of carbonyl (C=O) groups is 1. The van der Waals surface area contributed by atoms with Crippen LogP contribution in [0.2, 0.25) is 10.0 Å². The summed E-state index contributed by atoms with van der Waals surface area (Å²) >= 11 is 13.2. The summed E-state index contributed by atoms with van der Waals surface area (Å²) in [6, 6.07) is 4.60. The number of aryl methyl sites for hydroxylation is 1. The molecule has 0 radical (unpaired) electrons. The van der Waals surface area contributed by atoms with Gasteiger partial charge in [0.25, 0.3) is 5.91 Å². The SMILES string of the molecule is Cc1csc(CN(C)C(=O)C(O)c2cc(Cl)cc(Cl)c2)n1. The number of amides is 1. The Bertz CT molecular complexity index is 640. The van der Waals surface area contributed by atoms with Gasteiger partial charge < -0.3 is 10.0 Å². The number of likely N-dealkylation sites (N-methyl/N-ethyl adjacent to an activating group) is 1. The molecule has 1 aromatic carbocycles. The van der Waals surface area contributed by atoms with Crippen molar-refractivity contribution in [1.29, 1.82) is 0 Å². The van der Waals surface area contributed by atoms with Gasteiger partial charge in [0.1, 0.15) is 5.01 Å². The molecule has 0 bridgehead atoms. The number of carbonyl (C=O) groups excluding carboxylic acids is 1. The Labute approximate surface area is 136 Å². The molecule has 0 fully saturated rings. The molecule has 7 heteroatoms. The van der Waals surface area contributed by atoms with Crippen LogP contribution in [-0.4, -0.2) is 27.9 Å². The molecule has 112 valence electrons. The minimum absolute atomic E-state index is 0.350. The minimum Gasteiger partial charge on any atom is -0.378 e. The van der Waals surface area contributed by atoms with Crippen molar-refractivity contribution < 1.29 is 9.90 Å². The van der Waals surface area contributed by atoms with Gasteiger partial charge in [0.2, 0.25) is 0 Å². The first-order valence-corrected chi connectivity index (χ1v) is 7.80. The number of benzene rings is 1. The number of hydrogen-bond acceptors (Lipinski definition) is 4. The molecule has 2 rings (SSSR count). The van der Waals surface area contributed by atoms with Crippen LogP contribution < -0.4 is 0 Å². The predicted octanol–water partition coefficient (Wildman–Crippen LogP) is 3.45. The van der Waals surface area contributed by atoms with Crippen LogP contribution in [0, 0.1) is 6.92 Å². The van der Waals surface area contributed by atoms with Crippen molar-refractivity contribution in [1.82, 2.24) is 9.88 Å². The average Bonchev–Trinajstić information content (AvgIpc) is 2.81. The lowest BCUT2D eigenvalue weighted by Crippen LogP contribution is -2.31. The highest BCUT2D eigenvalue weighted by atomic mass is 35.5. The first-order chi connectivity index (χ1) is 9.86. The first-order valence-electron chi connectivity index (χ1n) is 6.17. The zero-order valence-electron chi connectivity index (χ0n) is 11.5. The minimum atomic E-state index is -1.30. The van der Waals surface area contributed by atoms with E-state index in [-0.39, 0.29) is 0 Å². The van der Waals surface area contributed by atoms with Gasteiger partial charge >= 0.3 is 0 Å². The number of aromatic nitrogens is 1. The molecule has 1 aromatic heterocycles. The smallest absolute Gasteiger partial charge is 0.256 e. The molecule has 0 aliphatic rings. The van der Waals surface area contributed by atoms with Crippen molar-refractivity contribution in [2.45, 2.75) is 19.6 Å². The maximum absolute atomic E-state index is 12.2. The number of rotatable bonds is 4. The van der Waals surface area contributed by atoms with Crippen molar-refractivity contribution in [2.75, 3.05) is 7.05 Å². The summed E-state index contributed by atoms with van der Waals surface area (Å²) < 4.78 is 0. The Morgan fingerprint density at radius 2 is 2.00 bits per heavy atom. The fourth-order valence-electron chi connectivity index (χ4n) is 1.84. The molecular weight excluding hydrogens is 331 g/mol. The van der Waals surface area contributed by atoms with E-state index in [1.54, 1.807) is 13.1 Å². The average molecular weight is 345 g/mol. The van der Waals surface area contributed by atoms with Crippen LogP contribution in [0.3, 0.4) is 0 Å². The molecule has 4 nitrogen and oxygen atoms in total. The maximum Gasteiger partial charge on any atom is 0.256 e. The Morgan fingerprint density at radius 1 is 1.38 bits per heavy atom. The van der Waals surface area contributed by atoms with Crippen LogP contribution in [0.1, 0.15) is 22.4 Å². The monoisotopic (exact) mass is 344 g/mol. The van der Waals surface area contributed by atoms with Crippen LogP contribution in [0.4, 0.5) is 0 Å². The third kappa shape index (κ3) is 4.17. The number of nitrogens with zero attached hydrogens (tertiary/aromatic N) is 2. The van der Waals surface area contributed by atoms with Crippen molar-refractivity contribution in [3.8, 4) is 0 Å². The first kappa shape index (κ1) is 16.2. The largest absolute Gasteiger partial charge is 0.378 e. The molecule has 0 saturated carbocycles. The highest BCUT2D eigenvalue weighted by Crippen LogP contribution is 2.25. The Balaban J connectivity index is 2.10. The van der Waals surface area contributed by atoms with E-state index in [9.17, 15) is 9.90 Å². The van der Waals surface area contributed by atoms with Crippen molar-refractivity contribution >= 4 is 40.4 Å². The predicted molar refractivity (Wildman–Crippen MR) is 84.7 cm³/mol. The highest BCUT2D eigenvalue weighted by molar-refractivity contribution is 7.09. The van der Waals surface area contributed by atoms with E-state index in [2.05, 4.69) is 4.98 Å². The van der Waals surface area contributed by atoms with Crippen LogP contribution in [-0.2, 0) is 11.3 Å². The normalized spacial score (nSPS) is 12.2. The number of halogens is 2. The van der Waals surface area contributed by atoms with Crippen LogP contribution >= 0.6 is 34.5 Å². The molecule has 0 aliphatic carbocycles. The van der Waals surface area contributed by atoms with Crippen LogP contribution in [0.15, 0.2) is 23.6 Å². The van der Waals surface area contributed by atoms with Gasteiger partial charge in [-0.15, -0.1) is 11.3 Å². The molecule has 21 heavy (non-hydrogen) atoms. The van der Waals surface area contributed by atoms with E-state index in [1.165, 1.54) is 28.4 Å². The zero-order valence-corrected chi connectivity index (χ0v) is 13.8. The van der Waals surface area contributed by atoms with Gasteiger partial charge in [-0.2, -0.15) is 0 Å². The molecule has 0 saturated heterocycles. The Hall–Kier alpha value is -1.14. The summed E-state index contributed by atoms with van der Waals surface area (Å²) in [7, 11) is 1.62. The van der Waals surface area contributed by atoms with Gasteiger partial charge in [0.05, 0.1) is 6.54 Å². The molecule has 0 aliphatic heterocycles. The van der Waals surface area contributed by atoms with E-state index in [0.29, 0.717) is 22.2 Å². The molecule has 0 spiro atoms. The number of aliphatic hydroxyl groups is 1. The van der Waals surface area contributed by atoms with Crippen LogP contribution in [0.5, 0.6) is 0 Å². The summed E-state index contributed by atoms with van der Waals surface area (Å²) in [6.07, 6.45) is -1.30. The fraction of sp³-hybridized carbons (Fsp3) is 0.286. The second kappa shape index (κ2) is 6.75. The topological polar surface area (TPSA) is 53.4 Å². The zero-order chi connectivity index (χ0) is 15.6. The molecule has 1 atom stereocenters. The highest BCUT2D eigenvalue weighted by Gasteiger charge is 2.22. The quantitative estimate of drug-likeness (QED) is 0.923. The molecule has 1 unspecified atom stereocenters. The third-order valence-corrected chi connectivity index (χ3v) is 4.24. The summed E-state index contributed by atoms with van der Waals surface area (Å²) in [6.45, 7) is 2.24. The lowest BCUT2D eigenvalue weighted by atomic mass is 10.1. The van der Waals surface area contributed by atoms with Crippen molar-refractivity contribution in [2.24, 2.45) is 0 Å². The molecule has 1 N–H and O–H groups in total. The standard InChI is InChI=1S/C14H14Cl2N2O2S/c1-8-7-21-12(17-8)6-18(2)14(20)13(19)9-3-10(15)5-11(16)4-9/h3-5,7,13,19H,6H2,1-2H3.